The lowest BCUT2D eigenvalue weighted by atomic mass is 10.2. The summed E-state index contributed by atoms with van der Waals surface area (Å²) in [5.74, 6) is -0.482. The molecule has 0 aliphatic carbocycles. The summed E-state index contributed by atoms with van der Waals surface area (Å²) >= 11 is 0. The number of ether oxygens (including phenoxy) is 2. The first-order valence-corrected chi connectivity index (χ1v) is 5.83. The average molecular weight is 260 g/mol. The Bertz CT molecular complexity index is 687. The number of pyridine rings is 1. The Morgan fingerprint density at radius 3 is 2.95 bits per heavy atom. The van der Waals surface area contributed by atoms with Crippen LogP contribution in [0.4, 0.5) is 0 Å². The summed E-state index contributed by atoms with van der Waals surface area (Å²) in [6, 6.07) is 1.90. The van der Waals surface area contributed by atoms with E-state index >= 15 is 0 Å². The van der Waals surface area contributed by atoms with Crippen LogP contribution in [0.1, 0.15) is 21.6 Å². The van der Waals surface area contributed by atoms with Gasteiger partial charge in [-0.25, -0.2) is 9.78 Å². The summed E-state index contributed by atoms with van der Waals surface area (Å²) in [5.41, 5.74) is 2.25. The number of nitrogens with zero attached hydrogens (tertiary/aromatic N) is 2. The average Bonchev–Trinajstić information content (AvgIpc) is 2.82. The third-order valence-electron chi connectivity index (χ3n) is 2.82. The quantitative estimate of drug-likeness (QED) is 0.889. The van der Waals surface area contributed by atoms with E-state index in [0.29, 0.717) is 24.6 Å². The molecule has 0 unspecified atom stereocenters. The molecule has 1 N–H and O–H groups in total. The van der Waals surface area contributed by atoms with Gasteiger partial charge in [-0.2, -0.15) is 0 Å². The van der Waals surface area contributed by atoms with Crippen molar-refractivity contribution in [2.75, 3.05) is 13.2 Å². The van der Waals surface area contributed by atoms with Gasteiger partial charge < -0.3 is 19.0 Å². The molecular formula is C13H12N2O4. The van der Waals surface area contributed by atoms with E-state index in [2.05, 4.69) is 4.98 Å². The Hall–Kier alpha value is -2.50. The van der Waals surface area contributed by atoms with Crippen molar-refractivity contribution in [2.45, 2.75) is 6.92 Å². The van der Waals surface area contributed by atoms with Gasteiger partial charge in [-0.1, -0.05) is 0 Å². The van der Waals surface area contributed by atoms with Gasteiger partial charge in [0.15, 0.2) is 11.5 Å². The van der Waals surface area contributed by atoms with Gasteiger partial charge in [-0.3, -0.25) is 0 Å². The molecule has 2 aromatic heterocycles. The molecule has 2 aromatic rings. The minimum Gasteiger partial charge on any atom is -0.494 e. The van der Waals surface area contributed by atoms with E-state index in [9.17, 15) is 4.79 Å². The molecule has 3 heterocycles. The van der Waals surface area contributed by atoms with Gasteiger partial charge in [0.05, 0.1) is 5.56 Å². The molecule has 98 valence electrons. The first-order valence-electron chi connectivity index (χ1n) is 5.83. The van der Waals surface area contributed by atoms with Gasteiger partial charge in [0.1, 0.15) is 25.1 Å². The monoisotopic (exact) mass is 260 g/mol. The lowest BCUT2D eigenvalue weighted by molar-refractivity contribution is 0.0691. The SMILES string of the molecule is Cc1cc(C2=COCCO2)c2nc(C(=O)O)cn2c1. The van der Waals surface area contributed by atoms with Crippen molar-refractivity contribution in [2.24, 2.45) is 0 Å². The number of aromatic nitrogens is 2. The smallest absolute Gasteiger partial charge is 0.356 e. The summed E-state index contributed by atoms with van der Waals surface area (Å²) < 4.78 is 12.5. The summed E-state index contributed by atoms with van der Waals surface area (Å²) in [5, 5.41) is 9.01. The molecule has 0 amide bonds. The zero-order valence-corrected chi connectivity index (χ0v) is 10.3. The summed E-state index contributed by atoms with van der Waals surface area (Å²) in [7, 11) is 0. The maximum absolute atomic E-state index is 11.0. The highest BCUT2D eigenvalue weighted by Gasteiger charge is 2.17. The van der Waals surface area contributed by atoms with Crippen LogP contribution in [0.25, 0.3) is 11.4 Å². The van der Waals surface area contributed by atoms with Crippen LogP contribution in [0.2, 0.25) is 0 Å². The molecule has 0 spiro atoms. The minimum absolute atomic E-state index is 0.00387. The second-order valence-corrected chi connectivity index (χ2v) is 4.29. The van der Waals surface area contributed by atoms with Gasteiger partial charge >= 0.3 is 5.97 Å². The van der Waals surface area contributed by atoms with Crippen LogP contribution in [0, 0.1) is 6.92 Å². The molecule has 0 aromatic carbocycles. The van der Waals surface area contributed by atoms with Gasteiger partial charge in [0, 0.05) is 12.4 Å². The molecular weight excluding hydrogens is 248 g/mol. The normalized spacial score (nSPS) is 14.7. The number of hydrogen-bond donors (Lipinski definition) is 1. The van der Waals surface area contributed by atoms with Crippen LogP contribution >= 0.6 is 0 Å². The van der Waals surface area contributed by atoms with E-state index < -0.39 is 5.97 Å². The summed E-state index contributed by atoms with van der Waals surface area (Å²) in [6.07, 6.45) is 4.84. The molecule has 19 heavy (non-hydrogen) atoms. The third-order valence-corrected chi connectivity index (χ3v) is 2.82. The fraction of sp³-hybridized carbons (Fsp3) is 0.231. The second kappa shape index (κ2) is 4.31. The number of aromatic carboxylic acids is 1. The number of imidazole rings is 1. The van der Waals surface area contributed by atoms with Crippen molar-refractivity contribution >= 4 is 17.4 Å². The van der Waals surface area contributed by atoms with Crippen LogP contribution in [0.3, 0.4) is 0 Å². The fourth-order valence-corrected chi connectivity index (χ4v) is 2.03. The lowest BCUT2D eigenvalue weighted by Crippen LogP contribution is -2.08. The molecule has 3 rings (SSSR count). The summed E-state index contributed by atoms with van der Waals surface area (Å²) in [4.78, 5) is 15.1. The third kappa shape index (κ3) is 2.01. The van der Waals surface area contributed by atoms with Crippen molar-refractivity contribution in [1.29, 1.82) is 0 Å². The van der Waals surface area contributed by atoms with E-state index in [0.717, 1.165) is 11.1 Å². The van der Waals surface area contributed by atoms with E-state index in [4.69, 9.17) is 14.6 Å². The number of fused-ring (bicyclic) bond motifs is 1. The van der Waals surface area contributed by atoms with Crippen LogP contribution in [-0.4, -0.2) is 33.7 Å². The molecule has 6 heteroatoms. The molecule has 0 radical (unpaired) electrons. The van der Waals surface area contributed by atoms with Gasteiger partial charge in [0.25, 0.3) is 0 Å². The topological polar surface area (TPSA) is 73.1 Å². The van der Waals surface area contributed by atoms with Crippen LogP contribution in [0.5, 0.6) is 0 Å². The van der Waals surface area contributed by atoms with Crippen molar-refractivity contribution in [3.8, 4) is 0 Å². The maximum atomic E-state index is 11.0. The van der Waals surface area contributed by atoms with Gasteiger partial charge in [-0.15, -0.1) is 0 Å². The molecule has 0 fully saturated rings. The molecule has 1 aliphatic heterocycles. The Morgan fingerprint density at radius 1 is 1.42 bits per heavy atom. The number of aryl methyl sites for hydroxylation is 1. The van der Waals surface area contributed by atoms with E-state index in [-0.39, 0.29) is 5.69 Å². The number of hydrogen-bond acceptors (Lipinski definition) is 4. The highest BCUT2D eigenvalue weighted by molar-refractivity contribution is 5.87. The Morgan fingerprint density at radius 2 is 2.26 bits per heavy atom. The molecule has 0 atom stereocenters. The maximum Gasteiger partial charge on any atom is 0.356 e. The Kier molecular flexibility index (Phi) is 2.63. The Balaban J connectivity index is 2.22. The van der Waals surface area contributed by atoms with E-state index in [1.807, 2.05) is 19.2 Å². The van der Waals surface area contributed by atoms with Gasteiger partial charge in [0.2, 0.25) is 0 Å². The van der Waals surface area contributed by atoms with Gasteiger partial charge in [-0.05, 0) is 18.6 Å². The first-order chi connectivity index (χ1) is 9.15. The van der Waals surface area contributed by atoms with Crippen molar-refractivity contribution in [3.63, 3.8) is 0 Å². The van der Waals surface area contributed by atoms with Crippen molar-refractivity contribution < 1.29 is 19.4 Å². The van der Waals surface area contributed by atoms with Crippen LogP contribution in [0.15, 0.2) is 24.7 Å². The number of carboxylic acid groups (broad SMARTS) is 1. The Labute approximate surface area is 108 Å². The predicted molar refractivity (Wildman–Crippen MR) is 66.8 cm³/mol. The molecule has 1 aliphatic rings. The number of carboxylic acids is 1. The molecule has 0 saturated heterocycles. The zero-order valence-electron chi connectivity index (χ0n) is 10.3. The highest BCUT2D eigenvalue weighted by Crippen LogP contribution is 2.24. The fourth-order valence-electron chi connectivity index (χ4n) is 2.03. The van der Waals surface area contributed by atoms with E-state index in [1.54, 1.807) is 4.40 Å². The standard InChI is InChI=1S/C13H12N2O4/c1-8-4-9(11-7-18-2-3-19-11)12-14-10(13(16)17)6-15(12)5-8/h4-7H,2-3H2,1H3,(H,16,17). The molecule has 0 saturated carbocycles. The summed E-state index contributed by atoms with van der Waals surface area (Å²) in [6.45, 7) is 2.91. The zero-order chi connectivity index (χ0) is 13.4. The van der Waals surface area contributed by atoms with Crippen molar-refractivity contribution in [3.05, 3.63) is 41.5 Å². The largest absolute Gasteiger partial charge is 0.494 e. The van der Waals surface area contributed by atoms with Crippen LogP contribution in [-0.2, 0) is 9.47 Å². The van der Waals surface area contributed by atoms with Crippen LogP contribution < -0.4 is 0 Å². The number of carbonyl (C=O) groups is 1. The number of rotatable bonds is 2. The molecule has 6 nitrogen and oxygen atoms in total. The van der Waals surface area contributed by atoms with Crippen molar-refractivity contribution in [1.82, 2.24) is 9.38 Å². The van der Waals surface area contributed by atoms with E-state index in [1.165, 1.54) is 12.5 Å². The molecule has 0 bridgehead atoms. The highest BCUT2D eigenvalue weighted by atomic mass is 16.6. The first kappa shape index (κ1) is 11.6. The predicted octanol–water partition coefficient (Wildman–Crippen LogP) is 1.69. The lowest BCUT2D eigenvalue weighted by Gasteiger charge is -2.16. The second-order valence-electron chi connectivity index (χ2n) is 4.29. The minimum atomic E-state index is -1.05.